The van der Waals surface area contributed by atoms with Gasteiger partial charge in [-0.1, -0.05) is 32.6 Å². The molecule has 0 spiro atoms. The number of hydrogen-bond donors (Lipinski definition) is 2. The van der Waals surface area contributed by atoms with Gasteiger partial charge in [-0.05, 0) is 12.5 Å². The third kappa shape index (κ3) is 5.20. The summed E-state index contributed by atoms with van der Waals surface area (Å²) in [6, 6.07) is 1.85. The molecule has 3 rings (SSSR count). The number of furan rings is 1. The highest BCUT2D eigenvalue weighted by atomic mass is 16.5. The predicted molar refractivity (Wildman–Crippen MR) is 103 cm³/mol. The molecule has 0 aromatic carbocycles. The van der Waals surface area contributed by atoms with E-state index in [2.05, 4.69) is 11.9 Å². The minimum absolute atomic E-state index is 0.231. The number of aliphatic hydroxyl groups excluding tert-OH is 2. The molecule has 1 aliphatic rings. The summed E-state index contributed by atoms with van der Waals surface area (Å²) in [4.78, 5) is 16.3. The lowest BCUT2D eigenvalue weighted by molar-refractivity contribution is -0.0457. The third-order valence-corrected chi connectivity index (χ3v) is 5.07. The van der Waals surface area contributed by atoms with Crippen molar-refractivity contribution in [3.05, 3.63) is 28.5 Å². The summed E-state index contributed by atoms with van der Waals surface area (Å²) >= 11 is 0. The largest absolute Gasteiger partial charge is 0.442 e. The van der Waals surface area contributed by atoms with Crippen LogP contribution in [0, 0.1) is 0 Å². The Kier molecular flexibility index (Phi) is 7.61. The summed E-state index contributed by atoms with van der Waals surface area (Å²) in [6.45, 7) is 3.22. The van der Waals surface area contributed by atoms with E-state index < -0.39 is 24.1 Å². The van der Waals surface area contributed by atoms with E-state index in [9.17, 15) is 15.0 Å². The summed E-state index contributed by atoms with van der Waals surface area (Å²) in [7, 11) is 0. The molecule has 28 heavy (non-hydrogen) atoms. The van der Waals surface area contributed by atoms with Crippen LogP contribution in [0.1, 0.15) is 57.4 Å². The van der Waals surface area contributed by atoms with Gasteiger partial charge in [-0.25, -0.2) is 4.79 Å². The van der Waals surface area contributed by atoms with Crippen molar-refractivity contribution in [2.24, 2.45) is 0 Å². The van der Waals surface area contributed by atoms with Crippen molar-refractivity contribution in [2.75, 3.05) is 19.8 Å². The van der Waals surface area contributed by atoms with Crippen molar-refractivity contribution in [2.45, 2.75) is 70.3 Å². The van der Waals surface area contributed by atoms with E-state index in [4.69, 9.17) is 13.9 Å². The highest BCUT2D eigenvalue weighted by molar-refractivity contribution is 5.72. The maximum Gasteiger partial charge on any atom is 0.353 e. The van der Waals surface area contributed by atoms with Crippen LogP contribution < -0.4 is 5.69 Å². The summed E-state index contributed by atoms with van der Waals surface area (Å²) in [5.74, 6) is 0.714. The number of aromatic nitrogens is 2. The van der Waals surface area contributed by atoms with Crippen LogP contribution in [0.4, 0.5) is 0 Å². The van der Waals surface area contributed by atoms with Gasteiger partial charge in [0, 0.05) is 25.6 Å². The van der Waals surface area contributed by atoms with Gasteiger partial charge in [0.2, 0.25) is 5.71 Å². The highest BCUT2D eigenvalue weighted by Gasteiger charge is 2.35. The second-order valence-corrected chi connectivity index (χ2v) is 7.30. The van der Waals surface area contributed by atoms with Crippen molar-refractivity contribution in [3.8, 4) is 0 Å². The van der Waals surface area contributed by atoms with E-state index >= 15 is 0 Å². The van der Waals surface area contributed by atoms with Crippen molar-refractivity contribution >= 4 is 11.1 Å². The van der Waals surface area contributed by atoms with Gasteiger partial charge in [-0.15, -0.1) is 0 Å². The number of fused-ring (bicyclic) bond motifs is 1. The second kappa shape index (κ2) is 10.2. The summed E-state index contributed by atoms with van der Waals surface area (Å²) in [6.07, 6.45) is 6.37. The fraction of sp³-hybridized carbons (Fsp3) is 0.700. The number of hydrogen-bond acceptors (Lipinski definition) is 7. The third-order valence-electron chi connectivity index (χ3n) is 5.07. The first-order valence-corrected chi connectivity index (χ1v) is 10.2. The Hall–Kier alpha value is -1.74. The normalized spacial score (nSPS) is 22.3. The Morgan fingerprint density at radius 2 is 2.11 bits per heavy atom. The Balaban J connectivity index is 1.55. The minimum atomic E-state index is -0.809. The van der Waals surface area contributed by atoms with Crippen LogP contribution in [0.2, 0.25) is 0 Å². The van der Waals surface area contributed by atoms with Gasteiger partial charge in [0.25, 0.3) is 0 Å². The molecule has 156 valence electrons. The second-order valence-electron chi connectivity index (χ2n) is 7.30. The van der Waals surface area contributed by atoms with E-state index in [0.717, 1.165) is 13.0 Å². The fourth-order valence-electron chi connectivity index (χ4n) is 3.44. The molecule has 1 saturated heterocycles. The number of unbranched alkanes of at least 4 members (excludes halogenated alkanes) is 4. The molecule has 3 heterocycles. The fourth-order valence-corrected chi connectivity index (χ4v) is 3.44. The Morgan fingerprint density at radius 3 is 2.86 bits per heavy atom. The lowest BCUT2D eigenvalue weighted by atomic mass is 10.2. The van der Waals surface area contributed by atoms with Crippen molar-refractivity contribution in [3.63, 3.8) is 0 Å². The number of rotatable bonds is 11. The van der Waals surface area contributed by atoms with Gasteiger partial charge in [0.15, 0.2) is 0 Å². The number of ether oxygens (including phenoxy) is 2. The molecule has 0 bridgehead atoms. The topological polar surface area (TPSA) is 107 Å². The van der Waals surface area contributed by atoms with E-state index in [1.807, 2.05) is 6.07 Å². The van der Waals surface area contributed by atoms with Crippen LogP contribution in [0.15, 0.2) is 21.5 Å². The average Bonchev–Trinajstić information content (AvgIpc) is 3.25. The molecule has 3 atom stereocenters. The van der Waals surface area contributed by atoms with Crippen molar-refractivity contribution < 1.29 is 24.1 Å². The van der Waals surface area contributed by atoms with Gasteiger partial charge in [0.05, 0.1) is 24.7 Å². The zero-order valence-electron chi connectivity index (χ0n) is 16.4. The molecule has 2 aromatic heterocycles. The van der Waals surface area contributed by atoms with Crippen LogP contribution in [0.5, 0.6) is 0 Å². The van der Waals surface area contributed by atoms with Crippen LogP contribution in [-0.4, -0.2) is 51.8 Å². The molecule has 1 aliphatic heterocycles. The lowest BCUT2D eigenvalue weighted by Gasteiger charge is -2.13. The summed E-state index contributed by atoms with van der Waals surface area (Å²) in [5, 5.41) is 19.8. The van der Waals surface area contributed by atoms with Gasteiger partial charge in [-0.2, -0.15) is 4.98 Å². The van der Waals surface area contributed by atoms with Crippen molar-refractivity contribution in [1.29, 1.82) is 0 Å². The number of nitrogens with zero attached hydrogens (tertiary/aromatic N) is 2. The zero-order valence-corrected chi connectivity index (χ0v) is 16.4. The standard InChI is InChI=1S/C20H30N2O6/c1-2-3-4-5-6-8-26-9-7-15-10-14-12-22(20(25)21-19(14)27-15)18-11-16(24)17(13-23)28-18/h10,12,16-18,23-24H,2-9,11,13H2,1H3/t16-,17+,18+/m0/s1. The number of aliphatic hydroxyl groups is 2. The highest BCUT2D eigenvalue weighted by Crippen LogP contribution is 2.28. The van der Waals surface area contributed by atoms with Crippen molar-refractivity contribution in [1.82, 2.24) is 9.55 Å². The van der Waals surface area contributed by atoms with Gasteiger partial charge in [-0.3, -0.25) is 4.57 Å². The van der Waals surface area contributed by atoms with Crippen LogP contribution in [0.25, 0.3) is 11.1 Å². The maximum atomic E-state index is 12.3. The first-order chi connectivity index (χ1) is 13.6. The molecular formula is C20H30N2O6. The Morgan fingerprint density at radius 1 is 1.29 bits per heavy atom. The molecule has 1 fully saturated rings. The Labute approximate surface area is 164 Å². The monoisotopic (exact) mass is 394 g/mol. The van der Waals surface area contributed by atoms with Crippen LogP contribution >= 0.6 is 0 Å². The van der Waals surface area contributed by atoms with E-state index in [-0.39, 0.29) is 18.7 Å². The quantitative estimate of drug-likeness (QED) is 0.562. The van der Waals surface area contributed by atoms with E-state index in [0.29, 0.717) is 24.2 Å². The average molecular weight is 394 g/mol. The molecule has 0 aliphatic carbocycles. The first kappa shape index (κ1) is 21.0. The molecule has 8 nitrogen and oxygen atoms in total. The Bertz CT molecular complexity index is 802. The molecule has 2 N–H and O–H groups in total. The molecule has 0 saturated carbocycles. The minimum Gasteiger partial charge on any atom is -0.442 e. The zero-order chi connectivity index (χ0) is 19.9. The predicted octanol–water partition coefficient (Wildman–Crippen LogP) is 2.16. The smallest absolute Gasteiger partial charge is 0.353 e. The molecule has 0 radical (unpaired) electrons. The molecule has 0 unspecified atom stereocenters. The summed E-state index contributed by atoms with van der Waals surface area (Å²) < 4.78 is 18.2. The van der Waals surface area contributed by atoms with Crippen LogP contribution in [0.3, 0.4) is 0 Å². The van der Waals surface area contributed by atoms with E-state index in [1.54, 1.807) is 6.20 Å². The molecule has 2 aromatic rings. The van der Waals surface area contributed by atoms with Gasteiger partial charge in [0.1, 0.15) is 18.1 Å². The van der Waals surface area contributed by atoms with Gasteiger partial charge >= 0.3 is 5.69 Å². The lowest BCUT2D eigenvalue weighted by Crippen LogP contribution is -2.27. The SMILES string of the molecule is CCCCCCCOCCc1cc2cn([C@H]3C[C@H](O)[C@@H](CO)O3)c(=O)nc2o1. The van der Waals surface area contributed by atoms with E-state index in [1.165, 1.54) is 30.3 Å². The summed E-state index contributed by atoms with van der Waals surface area (Å²) in [5.41, 5.74) is -0.222. The van der Waals surface area contributed by atoms with Crippen LogP contribution in [-0.2, 0) is 15.9 Å². The molecule has 0 amide bonds. The molecular weight excluding hydrogens is 364 g/mol. The maximum absolute atomic E-state index is 12.3. The first-order valence-electron chi connectivity index (χ1n) is 10.2. The molecule has 8 heteroatoms. The van der Waals surface area contributed by atoms with Gasteiger partial charge < -0.3 is 24.1 Å².